The first-order chi connectivity index (χ1) is 4.12. The lowest BCUT2D eigenvalue weighted by atomic mass is 10.4. The Bertz CT molecular complexity index is 77.4. The van der Waals surface area contributed by atoms with Crippen molar-refractivity contribution in [3.05, 3.63) is 0 Å². The molecule has 2 N–H and O–H groups in total. The van der Waals surface area contributed by atoms with E-state index in [0.29, 0.717) is 6.61 Å². The molecule has 0 aromatic heterocycles. The smallest absolute Gasteiger partial charge is 0.282 e. The third-order valence-electron chi connectivity index (χ3n) is 0.816. The second-order valence-electron chi connectivity index (χ2n) is 1.70. The lowest BCUT2D eigenvalue weighted by Gasteiger charge is -2.12. The Kier molecular flexibility index (Phi) is 3.65. The SMILES string of the molecule is CCOCC(F)(F)CN. The molecule has 0 atom stereocenters. The molecule has 0 radical (unpaired) electrons. The summed E-state index contributed by atoms with van der Waals surface area (Å²) in [6, 6.07) is 0. The molecular formula is C5H11F2NO. The van der Waals surface area contributed by atoms with E-state index in [0.717, 1.165) is 0 Å². The topological polar surface area (TPSA) is 35.2 Å². The average Bonchev–Trinajstić information content (AvgIpc) is 1.84. The Morgan fingerprint density at radius 2 is 2.11 bits per heavy atom. The first-order valence-corrected chi connectivity index (χ1v) is 2.78. The molecule has 56 valence electrons. The van der Waals surface area contributed by atoms with Gasteiger partial charge in [0.15, 0.2) is 0 Å². The Labute approximate surface area is 53.0 Å². The van der Waals surface area contributed by atoms with Gasteiger partial charge in [-0.15, -0.1) is 0 Å². The zero-order chi connectivity index (χ0) is 7.33. The normalized spacial score (nSPS) is 12.0. The summed E-state index contributed by atoms with van der Waals surface area (Å²) in [6.45, 7) is 0.745. The predicted octanol–water partition coefficient (Wildman–Crippen LogP) is 0.617. The predicted molar refractivity (Wildman–Crippen MR) is 30.5 cm³/mol. The summed E-state index contributed by atoms with van der Waals surface area (Å²) in [5.74, 6) is -2.85. The van der Waals surface area contributed by atoms with E-state index in [4.69, 9.17) is 5.73 Å². The Morgan fingerprint density at radius 3 is 2.44 bits per heavy atom. The van der Waals surface area contributed by atoms with Gasteiger partial charge in [-0.3, -0.25) is 0 Å². The van der Waals surface area contributed by atoms with Crippen molar-refractivity contribution in [2.45, 2.75) is 12.8 Å². The summed E-state index contributed by atoms with van der Waals surface area (Å²) >= 11 is 0. The molecule has 0 rings (SSSR count). The van der Waals surface area contributed by atoms with Crippen molar-refractivity contribution < 1.29 is 13.5 Å². The van der Waals surface area contributed by atoms with Gasteiger partial charge in [0, 0.05) is 6.61 Å². The highest BCUT2D eigenvalue weighted by molar-refractivity contribution is 4.64. The van der Waals surface area contributed by atoms with Crippen LogP contribution in [-0.4, -0.2) is 25.7 Å². The standard InChI is InChI=1S/C5H11F2NO/c1-2-9-4-5(6,7)3-8/h2-4,8H2,1H3. The number of alkyl halides is 2. The Balaban J connectivity index is 3.33. The fraction of sp³-hybridized carbons (Fsp3) is 1.00. The molecule has 0 saturated carbocycles. The van der Waals surface area contributed by atoms with Gasteiger partial charge in [0.2, 0.25) is 0 Å². The average molecular weight is 139 g/mol. The maximum absolute atomic E-state index is 12.1. The maximum Gasteiger partial charge on any atom is 0.282 e. The van der Waals surface area contributed by atoms with E-state index < -0.39 is 19.1 Å². The molecule has 9 heavy (non-hydrogen) atoms. The van der Waals surface area contributed by atoms with E-state index in [9.17, 15) is 8.78 Å². The monoisotopic (exact) mass is 139 g/mol. The first kappa shape index (κ1) is 8.78. The summed E-state index contributed by atoms with van der Waals surface area (Å²) in [5, 5.41) is 0. The molecule has 0 aromatic rings. The zero-order valence-corrected chi connectivity index (χ0v) is 5.36. The van der Waals surface area contributed by atoms with Gasteiger partial charge in [0.25, 0.3) is 5.92 Å². The van der Waals surface area contributed by atoms with Crippen molar-refractivity contribution >= 4 is 0 Å². The van der Waals surface area contributed by atoms with Crippen molar-refractivity contribution in [3.63, 3.8) is 0 Å². The Hall–Kier alpha value is -0.220. The van der Waals surface area contributed by atoms with E-state index >= 15 is 0 Å². The highest BCUT2D eigenvalue weighted by Gasteiger charge is 2.26. The van der Waals surface area contributed by atoms with Crippen LogP contribution in [0.3, 0.4) is 0 Å². The molecule has 0 bridgehead atoms. The first-order valence-electron chi connectivity index (χ1n) is 2.78. The molecule has 0 aliphatic rings. The number of halogens is 2. The number of hydrogen-bond donors (Lipinski definition) is 1. The molecule has 0 aromatic carbocycles. The third-order valence-corrected chi connectivity index (χ3v) is 0.816. The van der Waals surface area contributed by atoms with E-state index in [1.165, 1.54) is 0 Å². The number of nitrogens with two attached hydrogens (primary N) is 1. The van der Waals surface area contributed by atoms with Gasteiger partial charge in [0.05, 0.1) is 6.54 Å². The Morgan fingerprint density at radius 1 is 1.56 bits per heavy atom. The molecule has 0 unspecified atom stereocenters. The van der Waals surface area contributed by atoms with E-state index in [1.807, 2.05) is 0 Å². The van der Waals surface area contributed by atoms with Crippen LogP contribution in [0, 0.1) is 0 Å². The van der Waals surface area contributed by atoms with Crippen LogP contribution in [0.4, 0.5) is 8.78 Å². The molecule has 0 heterocycles. The van der Waals surface area contributed by atoms with Gasteiger partial charge in [-0.1, -0.05) is 0 Å². The molecule has 2 nitrogen and oxygen atoms in total. The molecule has 0 aliphatic carbocycles. The quantitative estimate of drug-likeness (QED) is 0.619. The molecule has 0 spiro atoms. The van der Waals surface area contributed by atoms with Crippen molar-refractivity contribution in [2.24, 2.45) is 5.73 Å². The van der Waals surface area contributed by atoms with Crippen molar-refractivity contribution in [3.8, 4) is 0 Å². The molecule has 4 heteroatoms. The van der Waals surface area contributed by atoms with Gasteiger partial charge in [0.1, 0.15) is 6.61 Å². The van der Waals surface area contributed by atoms with Crippen LogP contribution in [0.1, 0.15) is 6.92 Å². The lowest BCUT2D eigenvalue weighted by molar-refractivity contribution is -0.0666. The third kappa shape index (κ3) is 4.29. The van der Waals surface area contributed by atoms with Crippen LogP contribution in [0.15, 0.2) is 0 Å². The van der Waals surface area contributed by atoms with Crippen LogP contribution < -0.4 is 5.73 Å². The largest absolute Gasteiger partial charge is 0.375 e. The van der Waals surface area contributed by atoms with Crippen LogP contribution in [0.5, 0.6) is 0 Å². The van der Waals surface area contributed by atoms with E-state index in [2.05, 4.69) is 4.74 Å². The van der Waals surface area contributed by atoms with Crippen LogP contribution >= 0.6 is 0 Å². The minimum atomic E-state index is -2.85. The summed E-state index contributed by atoms with van der Waals surface area (Å²) in [6.07, 6.45) is 0. The number of ether oxygens (including phenoxy) is 1. The molecule has 0 fully saturated rings. The number of hydrogen-bond acceptors (Lipinski definition) is 2. The minimum absolute atomic E-state index is 0.301. The van der Waals surface area contributed by atoms with Gasteiger partial charge < -0.3 is 10.5 Å². The summed E-state index contributed by atoms with van der Waals surface area (Å²) in [5.41, 5.74) is 4.72. The summed E-state index contributed by atoms with van der Waals surface area (Å²) in [7, 11) is 0. The molecule has 0 amide bonds. The van der Waals surface area contributed by atoms with Gasteiger partial charge in [-0.2, -0.15) is 0 Å². The van der Waals surface area contributed by atoms with Crippen LogP contribution in [-0.2, 0) is 4.74 Å². The van der Waals surface area contributed by atoms with Crippen LogP contribution in [0.2, 0.25) is 0 Å². The van der Waals surface area contributed by atoms with Crippen LogP contribution in [0.25, 0.3) is 0 Å². The summed E-state index contributed by atoms with van der Waals surface area (Å²) in [4.78, 5) is 0. The number of rotatable bonds is 4. The highest BCUT2D eigenvalue weighted by Crippen LogP contribution is 2.10. The van der Waals surface area contributed by atoms with Gasteiger partial charge >= 0.3 is 0 Å². The molecule has 0 aliphatic heterocycles. The van der Waals surface area contributed by atoms with Crippen molar-refractivity contribution in [1.29, 1.82) is 0 Å². The van der Waals surface area contributed by atoms with E-state index in [-0.39, 0.29) is 0 Å². The fourth-order valence-electron chi connectivity index (χ4n) is 0.310. The second kappa shape index (κ2) is 3.74. The minimum Gasteiger partial charge on any atom is -0.375 e. The highest BCUT2D eigenvalue weighted by atomic mass is 19.3. The zero-order valence-electron chi connectivity index (χ0n) is 5.36. The van der Waals surface area contributed by atoms with Crippen molar-refractivity contribution in [2.75, 3.05) is 19.8 Å². The van der Waals surface area contributed by atoms with Crippen molar-refractivity contribution in [1.82, 2.24) is 0 Å². The van der Waals surface area contributed by atoms with Gasteiger partial charge in [-0.05, 0) is 6.92 Å². The van der Waals surface area contributed by atoms with E-state index in [1.54, 1.807) is 6.92 Å². The lowest BCUT2D eigenvalue weighted by Crippen LogP contribution is -2.32. The van der Waals surface area contributed by atoms with Gasteiger partial charge in [-0.25, -0.2) is 8.78 Å². The molecule has 0 saturated heterocycles. The molecular weight excluding hydrogens is 128 g/mol. The fourth-order valence-corrected chi connectivity index (χ4v) is 0.310. The second-order valence-corrected chi connectivity index (χ2v) is 1.70. The summed E-state index contributed by atoms with van der Waals surface area (Å²) < 4.78 is 28.6. The maximum atomic E-state index is 12.1.